The third kappa shape index (κ3) is 1.64. The van der Waals surface area contributed by atoms with Gasteiger partial charge in [-0.15, -0.1) is 0 Å². The first-order chi connectivity index (χ1) is 7.74. The largest absolute Gasteiger partial charge is 0.309 e. The molecule has 88 valence electrons. The minimum absolute atomic E-state index is 0.0162. The lowest BCUT2D eigenvalue weighted by molar-refractivity contribution is -0.170. The molecular formula is C11H17N3O2. The Morgan fingerprint density at radius 3 is 2.12 bits per heavy atom. The Kier molecular flexibility index (Phi) is 2.44. The van der Waals surface area contributed by atoms with Crippen LogP contribution >= 0.6 is 0 Å². The van der Waals surface area contributed by atoms with Crippen LogP contribution in [-0.2, 0) is 9.59 Å². The summed E-state index contributed by atoms with van der Waals surface area (Å²) in [4.78, 5) is 23.6. The van der Waals surface area contributed by atoms with Crippen LogP contribution in [0.15, 0.2) is 0 Å². The van der Waals surface area contributed by atoms with E-state index in [0.29, 0.717) is 31.3 Å². The van der Waals surface area contributed by atoms with E-state index in [1.54, 1.807) is 0 Å². The van der Waals surface area contributed by atoms with Gasteiger partial charge in [0.15, 0.2) is 0 Å². The second kappa shape index (κ2) is 3.82. The lowest BCUT2D eigenvalue weighted by Crippen LogP contribution is -2.61. The van der Waals surface area contributed by atoms with Crippen molar-refractivity contribution in [1.82, 2.24) is 15.3 Å². The molecule has 3 heterocycles. The van der Waals surface area contributed by atoms with E-state index >= 15 is 0 Å². The summed E-state index contributed by atoms with van der Waals surface area (Å²) in [5.41, 5.74) is 0. The molecule has 1 N–H and O–H groups in total. The second-order valence-corrected chi connectivity index (χ2v) is 4.96. The average molecular weight is 223 g/mol. The number of nitrogens with zero attached hydrogens (tertiary/aromatic N) is 2. The molecule has 2 amide bonds. The normalized spacial score (nSPS) is 35.9. The Labute approximate surface area is 94.7 Å². The van der Waals surface area contributed by atoms with Crippen molar-refractivity contribution in [3.8, 4) is 0 Å². The van der Waals surface area contributed by atoms with E-state index in [2.05, 4.69) is 5.32 Å². The topological polar surface area (TPSA) is 52.7 Å². The van der Waals surface area contributed by atoms with Crippen LogP contribution in [0.2, 0.25) is 0 Å². The lowest BCUT2D eigenvalue weighted by Gasteiger charge is -2.40. The predicted octanol–water partition coefficient (Wildman–Crippen LogP) is -0.123. The Hall–Kier alpha value is -0.940. The summed E-state index contributed by atoms with van der Waals surface area (Å²) in [6, 6.07) is 0.919. The van der Waals surface area contributed by atoms with Crippen LogP contribution in [0.25, 0.3) is 0 Å². The maximum atomic E-state index is 11.8. The molecule has 3 aliphatic rings. The zero-order chi connectivity index (χ0) is 11.1. The van der Waals surface area contributed by atoms with Crippen LogP contribution in [0.5, 0.6) is 0 Å². The fourth-order valence-electron chi connectivity index (χ4n) is 2.99. The number of hydrazine groups is 1. The number of imide groups is 1. The standard InChI is InChI=1S/C11H17N3O2/c15-10-2-1-3-11(16)14(10)13-6-8-4-5-9(7-13)12-8/h8-9,12H,1-7H2/t8-,9+. The second-order valence-electron chi connectivity index (χ2n) is 4.96. The average Bonchev–Trinajstić information content (AvgIpc) is 2.58. The third-order valence-corrected chi connectivity index (χ3v) is 3.73. The predicted molar refractivity (Wildman–Crippen MR) is 57.2 cm³/mol. The summed E-state index contributed by atoms with van der Waals surface area (Å²) >= 11 is 0. The molecule has 0 radical (unpaired) electrons. The summed E-state index contributed by atoms with van der Waals surface area (Å²) in [5.74, 6) is -0.0323. The first kappa shape index (κ1) is 10.2. The van der Waals surface area contributed by atoms with E-state index in [1.807, 2.05) is 5.01 Å². The first-order valence-corrected chi connectivity index (χ1v) is 6.11. The van der Waals surface area contributed by atoms with Crippen molar-refractivity contribution < 1.29 is 9.59 Å². The molecular weight excluding hydrogens is 206 g/mol. The summed E-state index contributed by atoms with van der Waals surface area (Å²) in [6.45, 7) is 1.60. The zero-order valence-corrected chi connectivity index (χ0v) is 9.32. The fraction of sp³-hybridized carbons (Fsp3) is 0.818. The molecule has 0 aromatic heterocycles. The van der Waals surface area contributed by atoms with Crippen molar-refractivity contribution in [2.45, 2.75) is 44.2 Å². The number of hydrogen-bond donors (Lipinski definition) is 1. The van der Waals surface area contributed by atoms with Gasteiger partial charge in [0.05, 0.1) is 0 Å². The maximum absolute atomic E-state index is 11.8. The molecule has 2 atom stereocenters. The molecule has 3 aliphatic heterocycles. The van der Waals surface area contributed by atoms with Gasteiger partial charge in [-0.25, -0.2) is 10.0 Å². The zero-order valence-electron chi connectivity index (χ0n) is 9.32. The van der Waals surface area contributed by atoms with Crippen LogP contribution < -0.4 is 5.32 Å². The van der Waals surface area contributed by atoms with Gasteiger partial charge in [0.25, 0.3) is 0 Å². The molecule has 0 aromatic carbocycles. The Morgan fingerprint density at radius 1 is 1.00 bits per heavy atom. The maximum Gasteiger partial charge on any atom is 0.243 e. The smallest absolute Gasteiger partial charge is 0.243 e. The van der Waals surface area contributed by atoms with Gasteiger partial charge >= 0.3 is 0 Å². The Balaban J connectivity index is 1.76. The summed E-state index contributed by atoms with van der Waals surface area (Å²) in [6.07, 6.45) is 4.08. The number of carbonyl (C=O) groups excluding carboxylic acids is 2. The molecule has 0 spiro atoms. The van der Waals surface area contributed by atoms with Gasteiger partial charge < -0.3 is 5.32 Å². The van der Waals surface area contributed by atoms with Crippen molar-refractivity contribution in [2.75, 3.05) is 13.1 Å². The minimum Gasteiger partial charge on any atom is -0.309 e. The van der Waals surface area contributed by atoms with Gasteiger partial charge in [0.2, 0.25) is 11.8 Å². The summed E-state index contributed by atoms with van der Waals surface area (Å²) < 4.78 is 0. The van der Waals surface area contributed by atoms with Crippen molar-refractivity contribution in [2.24, 2.45) is 0 Å². The SMILES string of the molecule is O=C1CCCC(=O)N1N1C[C@H]2CC[C@@H](C1)N2. The third-order valence-electron chi connectivity index (χ3n) is 3.73. The van der Waals surface area contributed by atoms with Gasteiger partial charge in [-0.05, 0) is 19.3 Å². The molecule has 5 nitrogen and oxygen atoms in total. The van der Waals surface area contributed by atoms with Crippen molar-refractivity contribution in [3.63, 3.8) is 0 Å². The van der Waals surface area contributed by atoms with Crippen LogP contribution in [0.1, 0.15) is 32.1 Å². The number of fused-ring (bicyclic) bond motifs is 2. The molecule has 3 fully saturated rings. The van der Waals surface area contributed by atoms with E-state index in [9.17, 15) is 9.59 Å². The van der Waals surface area contributed by atoms with Gasteiger partial charge in [-0.2, -0.15) is 0 Å². The van der Waals surface area contributed by atoms with Crippen LogP contribution in [-0.4, -0.2) is 47.0 Å². The van der Waals surface area contributed by atoms with Crippen molar-refractivity contribution in [3.05, 3.63) is 0 Å². The molecule has 0 aromatic rings. The molecule has 0 saturated carbocycles. The van der Waals surface area contributed by atoms with Gasteiger partial charge in [-0.3, -0.25) is 9.59 Å². The number of piperazine rings is 1. The van der Waals surface area contributed by atoms with Gasteiger partial charge in [-0.1, -0.05) is 0 Å². The molecule has 3 rings (SSSR count). The molecule has 2 bridgehead atoms. The monoisotopic (exact) mass is 223 g/mol. The van der Waals surface area contributed by atoms with E-state index in [-0.39, 0.29) is 11.8 Å². The molecule has 0 unspecified atom stereocenters. The number of hydrogen-bond acceptors (Lipinski definition) is 4. The van der Waals surface area contributed by atoms with Crippen LogP contribution in [0, 0.1) is 0 Å². The minimum atomic E-state index is -0.0162. The van der Waals surface area contributed by atoms with E-state index in [4.69, 9.17) is 0 Å². The van der Waals surface area contributed by atoms with E-state index < -0.39 is 0 Å². The quantitative estimate of drug-likeness (QED) is 0.630. The van der Waals surface area contributed by atoms with Crippen LogP contribution in [0.3, 0.4) is 0 Å². The molecule has 16 heavy (non-hydrogen) atoms. The first-order valence-electron chi connectivity index (χ1n) is 6.11. The number of piperidine rings is 1. The molecule has 3 saturated heterocycles. The summed E-state index contributed by atoms with van der Waals surface area (Å²) in [5, 5.41) is 6.87. The number of rotatable bonds is 1. The Morgan fingerprint density at radius 2 is 1.56 bits per heavy atom. The van der Waals surface area contributed by atoms with E-state index in [1.165, 1.54) is 5.01 Å². The molecule has 5 heteroatoms. The van der Waals surface area contributed by atoms with Gasteiger partial charge in [0.1, 0.15) is 0 Å². The highest BCUT2D eigenvalue weighted by molar-refractivity contribution is 5.96. The van der Waals surface area contributed by atoms with E-state index in [0.717, 1.165) is 25.9 Å². The highest BCUT2D eigenvalue weighted by atomic mass is 16.2. The number of nitrogens with one attached hydrogen (secondary N) is 1. The summed E-state index contributed by atoms with van der Waals surface area (Å²) in [7, 11) is 0. The number of carbonyl (C=O) groups is 2. The van der Waals surface area contributed by atoms with Crippen LogP contribution in [0.4, 0.5) is 0 Å². The highest BCUT2D eigenvalue weighted by Gasteiger charge is 2.39. The number of amides is 2. The van der Waals surface area contributed by atoms with Crippen molar-refractivity contribution >= 4 is 11.8 Å². The molecule has 0 aliphatic carbocycles. The highest BCUT2D eigenvalue weighted by Crippen LogP contribution is 2.24. The van der Waals surface area contributed by atoms with Gasteiger partial charge in [0, 0.05) is 38.0 Å². The lowest BCUT2D eigenvalue weighted by atomic mass is 10.1. The fourth-order valence-corrected chi connectivity index (χ4v) is 2.99. The Bertz CT molecular complexity index is 303. The van der Waals surface area contributed by atoms with Crippen molar-refractivity contribution in [1.29, 1.82) is 0 Å².